The number of imidazole rings is 1. The largest absolute Gasteiger partial charge is 0.321 e. The van der Waals surface area contributed by atoms with E-state index in [0.29, 0.717) is 11.6 Å². The third kappa shape index (κ3) is 2.53. The maximum absolute atomic E-state index is 12.3. The van der Waals surface area contributed by atoms with Crippen LogP contribution < -0.4 is 5.32 Å². The van der Waals surface area contributed by atoms with Gasteiger partial charge in [-0.25, -0.2) is 15.0 Å². The minimum atomic E-state index is -0.303. The molecule has 0 aliphatic heterocycles. The minimum absolute atomic E-state index is 0.282. The second kappa shape index (κ2) is 5.34. The van der Waals surface area contributed by atoms with Crippen LogP contribution in [0.1, 0.15) is 10.5 Å². The molecule has 4 rings (SSSR count). The molecule has 23 heavy (non-hydrogen) atoms. The van der Waals surface area contributed by atoms with E-state index in [1.807, 2.05) is 12.1 Å². The van der Waals surface area contributed by atoms with Gasteiger partial charge in [0.2, 0.25) is 5.95 Å². The number of carbonyl (C=O) groups excluding carboxylic acids is 1. The van der Waals surface area contributed by atoms with Gasteiger partial charge < -0.3 is 5.32 Å². The van der Waals surface area contributed by atoms with Gasteiger partial charge in [-0.05, 0) is 24.3 Å². The molecule has 8 nitrogen and oxygen atoms in total. The summed E-state index contributed by atoms with van der Waals surface area (Å²) in [5, 5.41) is 10.5. The lowest BCUT2D eigenvalue weighted by Crippen LogP contribution is -2.12. The summed E-state index contributed by atoms with van der Waals surface area (Å²) in [6.07, 6.45) is 8.04. The van der Waals surface area contributed by atoms with Crippen LogP contribution in [0, 0.1) is 0 Å². The molecular weight excluding hydrogens is 294 g/mol. The van der Waals surface area contributed by atoms with Crippen LogP contribution in [0.3, 0.4) is 0 Å². The first kappa shape index (κ1) is 13.1. The van der Waals surface area contributed by atoms with E-state index in [9.17, 15) is 4.79 Å². The first-order valence-corrected chi connectivity index (χ1v) is 6.85. The fourth-order valence-electron chi connectivity index (χ4n) is 2.19. The number of nitrogens with zero attached hydrogens (tertiary/aromatic N) is 5. The van der Waals surface area contributed by atoms with Crippen LogP contribution in [0.15, 0.2) is 55.4 Å². The van der Waals surface area contributed by atoms with E-state index in [1.165, 1.54) is 6.33 Å². The Morgan fingerprint density at radius 3 is 2.91 bits per heavy atom. The van der Waals surface area contributed by atoms with Crippen molar-refractivity contribution in [3.8, 4) is 5.95 Å². The molecule has 0 fully saturated rings. The molecule has 0 radical (unpaired) electrons. The number of nitrogens with one attached hydrogen (secondary N) is 2. The Balaban J connectivity index is 1.56. The smallest absolute Gasteiger partial charge is 0.275 e. The topological polar surface area (TPSA) is 101 Å². The van der Waals surface area contributed by atoms with Gasteiger partial charge in [-0.1, -0.05) is 0 Å². The first-order chi connectivity index (χ1) is 11.3. The molecule has 2 N–H and O–H groups in total. The highest BCUT2D eigenvalue weighted by Gasteiger charge is 2.11. The average molecular weight is 305 g/mol. The van der Waals surface area contributed by atoms with E-state index in [1.54, 1.807) is 41.5 Å². The number of anilines is 1. The van der Waals surface area contributed by atoms with E-state index >= 15 is 0 Å². The van der Waals surface area contributed by atoms with Crippen molar-refractivity contribution < 1.29 is 4.79 Å². The van der Waals surface area contributed by atoms with Crippen LogP contribution in [0.25, 0.3) is 16.9 Å². The predicted octanol–water partition coefficient (Wildman–Crippen LogP) is 1.79. The Labute approximate surface area is 130 Å². The predicted molar refractivity (Wildman–Crippen MR) is 83.2 cm³/mol. The highest BCUT2D eigenvalue weighted by Crippen LogP contribution is 2.17. The quantitative estimate of drug-likeness (QED) is 0.601. The number of fused-ring (bicyclic) bond motifs is 1. The Morgan fingerprint density at radius 1 is 1.17 bits per heavy atom. The molecule has 8 heteroatoms. The van der Waals surface area contributed by atoms with Crippen LogP contribution >= 0.6 is 0 Å². The summed E-state index contributed by atoms with van der Waals surface area (Å²) in [4.78, 5) is 24.6. The third-order valence-corrected chi connectivity index (χ3v) is 3.30. The zero-order valence-corrected chi connectivity index (χ0v) is 11.8. The number of benzene rings is 1. The van der Waals surface area contributed by atoms with Gasteiger partial charge in [0, 0.05) is 29.7 Å². The monoisotopic (exact) mass is 305 g/mol. The van der Waals surface area contributed by atoms with Crippen molar-refractivity contribution in [3.63, 3.8) is 0 Å². The molecule has 1 aromatic carbocycles. The third-order valence-electron chi connectivity index (χ3n) is 3.30. The van der Waals surface area contributed by atoms with Gasteiger partial charge in [-0.3, -0.25) is 14.5 Å². The number of hydrogen-bond donors (Lipinski definition) is 2. The van der Waals surface area contributed by atoms with Crippen molar-refractivity contribution in [1.82, 2.24) is 29.7 Å². The zero-order valence-electron chi connectivity index (χ0n) is 11.8. The number of H-pyrrole nitrogens is 1. The maximum Gasteiger partial charge on any atom is 0.275 e. The summed E-state index contributed by atoms with van der Waals surface area (Å²) in [6.45, 7) is 0. The molecule has 3 heterocycles. The minimum Gasteiger partial charge on any atom is -0.321 e. The van der Waals surface area contributed by atoms with Crippen molar-refractivity contribution in [2.75, 3.05) is 5.32 Å². The fraction of sp³-hybridized carbons (Fsp3) is 0. The van der Waals surface area contributed by atoms with Gasteiger partial charge in [0.05, 0.1) is 11.7 Å². The van der Waals surface area contributed by atoms with Gasteiger partial charge in [-0.2, -0.15) is 5.10 Å². The average Bonchev–Trinajstić information content (AvgIpc) is 3.24. The molecule has 112 valence electrons. The normalized spacial score (nSPS) is 10.8. The molecular formula is C15H11N7O. The Hall–Kier alpha value is -3.55. The number of aromatic amines is 1. The van der Waals surface area contributed by atoms with Crippen LogP contribution in [0.4, 0.5) is 5.69 Å². The van der Waals surface area contributed by atoms with Gasteiger partial charge in [-0.15, -0.1) is 0 Å². The van der Waals surface area contributed by atoms with Crippen molar-refractivity contribution in [2.24, 2.45) is 0 Å². The molecule has 0 aliphatic rings. The summed E-state index contributed by atoms with van der Waals surface area (Å²) in [5.41, 5.74) is 1.87. The highest BCUT2D eigenvalue weighted by atomic mass is 16.1. The van der Waals surface area contributed by atoms with Crippen molar-refractivity contribution in [2.45, 2.75) is 0 Å². The van der Waals surface area contributed by atoms with Crippen molar-refractivity contribution in [1.29, 1.82) is 0 Å². The molecule has 0 bridgehead atoms. The van der Waals surface area contributed by atoms with E-state index in [4.69, 9.17) is 0 Å². The van der Waals surface area contributed by atoms with Crippen LogP contribution in [0.2, 0.25) is 0 Å². The van der Waals surface area contributed by atoms with Crippen LogP contribution in [0.5, 0.6) is 0 Å². The van der Waals surface area contributed by atoms with Gasteiger partial charge in [0.1, 0.15) is 12.0 Å². The summed E-state index contributed by atoms with van der Waals surface area (Å²) in [6, 6.07) is 7.22. The second-order valence-corrected chi connectivity index (χ2v) is 4.84. The van der Waals surface area contributed by atoms with Gasteiger partial charge in [0.15, 0.2) is 0 Å². The van der Waals surface area contributed by atoms with Crippen LogP contribution in [-0.4, -0.2) is 35.6 Å². The molecule has 3 aromatic heterocycles. The van der Waals surface area contributed by atoms with Gasteiger partial charge in [0.25, 0.3) is 5.91 Å². The van der Waals surface area contributed by atoms with E-state index in [2.05, 4.69) is 30.5 Å². The SMILES string of the molecule is O=C(Nc1ccc2[nH]ncc2c1)c1cn(-c2ncccn2)cn1. The second-order valence-electron chi connectivity index (χ2n) is 4.84. The molecule has 0 spiro atoms. The number of aromatic nitrogens is 6. The molecule has 0 aliphatic carbocycles. The molecule has 4 aromatic rings. The molecule has 0 atom stereocenters. The Kier molecular flexibility index (Phi) is 3.05. The number of hydrogen-bond acceptors (Lipinski definition) is 5. The highest BCUT2D eigenvalue weighted by molar-refractivity contribution is 6.03. The maximum atomic E-state index is 12.3. The summed E-state index contributed by atoms with van der Waals surface area (Å²) in [7, 11) is 0. The van der Waals surface area contributed by atoms with E-state index < -0.39 is 0 Å². The standard InChI is InChI=1S/C15H11N7O/c23-14(20-11-2-3-12-10(6-11)7-19-21-12)13-8-22(9-18-13)15-16-4-1-5-17-15/h1-9H,(H,19,21)(H,20,23). The van der Waals surface area contributed by atoms with E-state index in [-0.39, 0.29) is 11.6 Å². The zero-order chi connectivity index (χ0) is 15.6. The Morgan fingerprint density at radius 2 is 2.04 bits per heavy atom. The Bertz CT molecular complexity index is 974. The molecule has 0 saturated heterocycles. The number of rotatable bonds is 3. The number of amides is 1. The van der Waals surface area contributed by atoms with Crippen molar-refractivity contribution >= 4 is 22.5 Å². The lowest BCUT2D eigenvalue weighted by atomic mass is 10.2. The summed E-state index contributed by atoms with van der Waals surface area (Å²) >= 11 is 0. The summed E-state index contributed by atoms with van der Waals surface area (Å²) in [5.74, 6) is 0.154. The van der Waals surface area contributed by atoms with E-state index in [0.717, 1.165) is 10.9 Å². The lowest BCUT2D eigenvalue weighted by molar-refractivity contribution is 0.102. The van der Waals surface area contributed by atoms with Gasteiger partial charge >= 0.3 is 0 Å². The molecule has 0 unspecified atom stereocenters. The van der Waals surface area contributed by atoms with Crippen LogP contribution in [-0.2, 0) is 0 Å². The lowest BCUT2D eigenvalue weighted by Gasteiger charge is -2.03. The van der Waals surface area contributed by atoms with Crippen molar-refractivity contribution in [3.05, 3.63) is 61.1 Å². The molecule has 1 amide bonds. The first-order valence-electron chi connectivity index (χ1n) is 6.85. The number of carbonyl (C=O) groups is 1. The molecule has 0 saturated carbocycles. The fourth-order valence-corrected chi connectivity index (χ4v) is 2.19. The summed E-state index contributed by atoms with van der Waals surface area (Å²) < 4.78 is 1.59.